The highest BCUT2D eigenvalue weighted by Crippen LogP contribution is 2.33. The average Bonchev–Trinajstić information content (AvgIpc) is 3.65. The number of hydrogen-bond donors (Lipinski definition) is 0. The lowest BCUT2D eigenvalue weighted by molar-refractivity contribution is 0.0990. The van der Waals surface area contributed by atoms with Gasteiger partial charge in [0.25, 0.3) is 11.6 Å². The van der Waals surface area contributed by atoms with Crippen LogP contribution in [0.15, 0.2) is 88.3 Å². The first-order valence-corrected chi connectivity index (χ1v) is 11.7. The average molecular weight is 475 g/mol. The Labute approximate surface area is 202 Å². The number of thiazole rings is 1. The van der Waals surface area contributed by atoms with Crippen LogP contribution in [0.25, 0.3) is 44.8 Å². The third-order valence-electron chi connectivity index (χ3n) is 6.02. The second-order valence-corrected chi connectivity index (χ2v) is 8.98. The van der Waals surface area contributed by atoms with E-state index in [1.54, 1.807) is 22.9 Å². The van der Waals surface area contributed by atoms with Crippen LogP contribution in [0.4, 0.5) is 0 Å². The fourth-order valence-corrected chi connectivity index (χ4v) is 4.96. The van der Waals surface area contributed by atoms with Crippen LogP contribution in [0.5, 0.6) is 0 Å². The number of Topliss-reactive ketones (excluding diaryl/α,β-unsaturated/α-hetero) is 2. The summed E-state index contributed by atoms with van der Waals surface area (Å²) in [6, 6.07) is 20.7. The van der Waals surface area contributed by atoms with E-state index in [9.17, 15) is 9.59 Å². The molecule has 0 radical (unpaired) electrons. The van der Waals surface area contributed by atoms with Gasteiger partial charge in [0, 0.05) is 28.4 Å². The van der Waals surface area contributed by atoms with E-state index in [1.165, 1.54) is 17.4 Å². The largest absolute Gasteiger partial charge is 0.413 e. The molecule has 35 heavy (non-hydrogen) atoms. The maximum Gasteiger partial charge on any atom is 0.267 e. The number of oxazole rings is 1. The SMILES string of the molecule is O=C1C(=Cc2nc3oc(-c4nccs4)nc3n2-c2ccccc2)C(=O)c2cc3ccccc3cc21. The third-order valence-corrected chi connectivity index (χ3v) is 6.78. The van der Waals surface area contributed by atoms with E-state index < -0.39 is 0 Å². The first kappa shape index (κ1) is 19.7. The molecule has 0 N–H and O–H groups in total. The molecular weight excluding hydrogens is 460 g/mol. The van der Waals surface area contributed by atoms with E-state index in [2.05, 4.69) is 15.0 Å². The molecule has 1 aliphatic carbocycles. The highest BCUT2D eigenvalue weighted by Gasteiger charge is 2.34. The van der Waals surface area contributed by atoms with Gasteiger partial charge in [0.05, 0.1) is 5.57 Å². The first-order chi connectivity index (χ1) is 17.2. The van der Waals surface area contributed by atoms with Gasteiger partial charge in [-0.3, -0.25) is 14.2 Å². The topological polar surface area (TPSA) is 90.9 Å². The Morgan fingerprint density at radius 3 is 2.20 bits per heavy atom. The van der Waals surface area contributed by atoms with Gasteiger partial charge in [0.2, 0.25) is 5.65 Å². The molecule has 7 rings (SSSR count). The van der Waals surface area contributed by atoms with Gasteiger partial charge in [-0.1, -0.05) is 42.5 Å². The smallest absolute Gasteiger partial charge is 0.267 e. The molecule has 3 aromatic carbocycles. The monoisotopic (exact) mass is 474 g/mol. The van der Waals surface area contributed by atoms with Gasteiger partial charge in [0.1, 0.15) is 5.82 Å². The van der Waals surface area contributed by atoms with Crippen molar-refractivity contribution < 1.29 is 14.0 Å². The Morgan fingerprint density at radius 2 is 1.54 bits per heavy atom. The number of imidazole rings is 1. The number of rotatable bonds is 3. The van der Waals surface area contributed by atoms with Gasteiger partial charge in [0.15, 0.2) is 16.6 Å². The predicted molar refractivity (Wildman–Crippen MR) is 133 cm³/mol. The minimum atomic E-state index is -0.314. The lowest BCUT2D eigenvalue weighted by Gasteiger charge is -2.05. The van der Waals surface area contributed by atoms with Gasteiger partial charge in [-0.25, -0.2) is 4.98 Å². The van der Waals surface area contributed by atoms with Gasteiger partial charge in [-0.2, -0.15) is 9.97 Å². The molecular formula is C27H14N4O3S. The molecule has 8 heteroatoms. The fourth-order valence-electron chi connectivity index (χ4n) is 4.40. The zero-order valence-electron chi connectivity index (χ0n) is 18.0. The zero-order chi connectivity index (χ0) is 23.5. The molecule has 0 unspecified atom stereocenters. The standard InChI is InChI=1S/C27H14N4O3S/c32-22-18-12-15-6-4-5-7-16(15)13-19(18)23(33)20(22)14-21-29-25-24(31(21)17-8-2-1-3-9-17)30-26(34-25)27-28-10-11-35-27/h1-14H. The van der Waals surface area contributed by atoms with Crippen molar-refractivity contribution in [2.75, 3.05) is 0 Å². The van der Waals surface area contributed by atoms with Crippen molar-refractivity contribution in [3.63, 3.8) is 0 Å². The number of para-hydroxylation sites is 1. The molecule has 0 saturated heterocycles. The minimum absolute atomic E-state index is 0.0697. The second-order valence-electron chi connectivity index (χ2n) is 8.09. The number of benzene rings is 3. The molecule has 0 amide bonds. The summed E-state index contributed by atoms with van der Waals surface area (Å²) in [6.07, 6.45) is 3.21. The molecule has 1 aliphatic rings. The summed E-state index contributed by atoms with van der Waals surface area (Å²) in [4.78, 5) is 40.1. The minimum Gasteiger partial charge on any atom is -0.413 e. The molecule has 6 aromatic rings. The summed E-state index contributed by atoms with van der Waals surface area (Å²) in [6.45, 7) is 0. The summed E-state index contributed by atoms with van der Waals surface area (Å²) in [5.41, 5.74) is 2.44. The molecule has 0 bridgehead atoms. The summed E-state index contributed by atoms with van der Waals surface area (Å²) in [7, 11) is 0. The first-order valence-electron chi connectivity index (χ1n) is 10.9. The summed E-state index contributed by atoms with van der Waals surface area (Å²) < 4.78 is 7.67. The van der Waals surface area contributed by atoms with Crippen molar-refractivity contribution in [1.29, 1.82) is 0 Å². The van der Waals surface area contributed by atoms with Gasteiger partial charge < -0.3 is 4.42 Å². The van der Waals surface area contributed by atoms with Crippen molar-refractivity contribution in [3.05, 3.63) is 101 Å². The quantitative estimate of drug-likeness (QED) is 0.239. The molecule has 7 nitrogen and oxygen atoms in total. The molecule has 0 saturated carbocycles. The third kappa shape index (κ3) is 3.00. The van der Waals surface area contributed by atoms with Crippen LogP contribution in [0.2, 0.25) is 0 Å². The number of carbonyl (C=O) groups is 2. The molecule has 0 spiro atoms. The van der Waals surface area contributed by atoms with Crippen LogP contribution >= 0.6 is 11.3 Å². The summed E-state index contributed by atoms with van der Waals surface area (Å²) >= 11 is 1.42. The van der Waals surface area contributed by atoms with Crippen molar-refractivity contribution >= 4 is 51.1 Å². The molecule has 3 aromatic heterocycles. The van der Waals surface area contributed by atoms with Crippen LogP contribution in [0, 0.1) is 0 Å². The molecule has 0 fully saturated rings. The number of fused-ring (bicyclic) bond motifs is 3. The lowest BCUT2D eigenvalue weighted by Crippen LogP contribution is -2.04. The molecule has 3 heterocycles. The Hall–Kier alpha value is -4.69. The molecule has 0 atom stereocenters. The van der Waals surface area contributed by atoms with Crippen LogP contribution in [-0.2, 0) is 0 Å². The fraction of sp³-hybridized carbons (Fsp3) is 0. The normalized spacial score (nSPS) is 13.2. The maximum absolute atomic E-state index is 13.3. The second kappa shape index (κ2) is 7.41. The van der Waals surface area contributed by atoms with Gasteiger partial charge in [-0.15, -0.1) is 11.3 Å². The van der Waals surface area contributed by atoms with E-state index >= 15 is 0 Å². The Kier molecular flexibility index (Phi) is 4.18. The summed E-state index contributed by atoms with van der Waals surface area (Å²) in [5.74, 6) is 0.128. The van der Waals surface area contributed by atoms with Gasteiger partial charge >= 0.3 is 0 Å². The van der Waals surface area contributed by atoms with E-state index in [4.69, 9.17) is 4.42 Å². The maximum atomic E-state index is 13.3. The lowest BCUT2D eigenvalue weighted by atomic mass is 10.0. The predicted octanol–water partition coefficient (Wildman–Crippen LogP) is 5.75. The number of aromatic nitrogens is 4. The van der Waals surface area contributed by atoms with E-state index in [0.717, 1.165) is 16.5 Å². The number of carbonyl (C=O) groups excluding carboxylic acids is 2. The molecule has 0 aliphatic heterocycles. The van der Waals surface area contributed by atoms with Crippen molar-refractivity contribution in [3.8, 4) is 16.6 Å². The Balaban J connectivity index is 1.41. The van der Waals surface area contributed by atoms with E-state index in [-0.39, 0.29) is 17.1 Å². The van der Waals surface area contributed by atoms with Crippen molar-refractivity contribution in [2.24, 2.45) is 0 Å². The van der Waals surface area contributed by atoms with E-state index in [1.807, 2.05) is 60.0 Å². The summed E-state index contributed by atoms with van der Waals surface area (Å²) in [5, 5.41) is 4.31. The highest BCUT2D eigenvalue weighted by molar-refractivity contribution is 7.12. The Bertz CT molecular complexity index is 1770. The van der Waals surface area contributed by atoms with Crippen molar-refractivity contribution in [2.45, 2.75) is 0 Å². The number of allylic oxidation sites excluding steroid dienone is 1. The number of nitrogens with zero attached hydrogens (tertiary/aromatic N) is 4. The molecule has 166 valence electrons. The zero-order valence-corrected chi connectivity index (χ0v) is 18.8. The van der Waals surface area contributed by atoms with Crippen LogP contribution in [-0.4, -0.2) is 31.1 Å². The van der Waals surface area contributed by atoms with Crippen molar-refractivity contribution in [1.82, 2.24) is 19.5 Å². The Morgan fingerprint density at radius 1 is 0.857 bits per heavy atom. The van der Waals surface area contributed by atoms with Crippen LogP contribution < -0.4 is 0 Å². The highest BCUT2D eigenvalue weighted by atomic mass is 32.1. The van der Waals surface area contributed by atoms with Crippen LogP contribution in [0.3, 0.4) is 0 Å². The van der Waals surface area contributed by atoms with Crippen LogP contribution in [0.1, 0.15) is 26.5 Å². The van der Waals surface area contributed by atoms with E-state index in [0.29, 0.717) is 39.2 Å². The number of ketones is 2. The number of hydrogen-bond acceptors (Lipinski definition) is 7. The van der Waals surface area contributed by atoms with Gasteiger partial charge in [-0.05, 0) is 41.1 Å².